The van der Waals surface area contributed by atoms with E-state index in [4.69, 9.17) is 11.6 Å². The van der Waals surface area contributed by atoms with Gasteiger partial charge in [0.15, 0.2) is 0 Å². The minimum absolute atomic E-state index is 0.0276. The van der Waals surface area contributed by atoms with E-state index in [1.54, 1.807) is 12.1 Å². The fourth-order valence-electron chi connectivity index (χ4n) is 2.80. The molecule has 2 N–H and O–H groups in total. The molecule has 0 heterocycles. The smallest absolute Gasteiger partial charge is 0.253 e. The van der Waals surface area contributed by atoms with E-state index in [1.807, 2.05) is 24.8 Å². The van der Waals surface area contributed by atoms with Crippen LogP contribution in [0.2, 0.25) is 5.02 Å². The van der Waals surface area contributed by atoms with E-state index in [9.17, 15) is 4.79 Å². The van der Waals surface area contributed by atoms with Gasteiger partial charge in [-0.3, -0.25) is 4.79 Å². The van der Waals surface area contributed by atoms with Crippen LogP contribution in [-0.4, -0.2) is 30.0 Å². The summed E-state index contributed by atoms with van der Waals surface area (Å²) in [5.74, 6) is -0.0276. The number of carbonyl (C=O) groups excluding carboxylic acids is 1. The number of hydrogen-bond acceptors (Lipinski definition) is 3. The minimum atomic E-state index is -0.0276. The van der Waals surface area contributed by atoms with Crippen molar-refractivity contribution in [2.45, 2.75) is 43.9 Å². The highest BCUT2D eigenvalue weighted by molar-refractivity contribution is 7.99. The van der Waals surface area contributed by atoms with E-state index >= 15 is 0 Å². The second-order valence-electron chi connectivity index (χ2n) is 5.41. The molecular weight excluding hydrogens is 304 g/mol. The van der Waals surface area contributed by atoms with Crippen LogP contribution in [0.1, 0.15) is 43.0 Å². The van der Waals surface area contributed by atoms with Crippen LogP contribution < -0.4 is 10.6 Å². The zero-order valence-corrected chi connectivity index (χ0v) is 14.2. The molecule has 1 aliphatic rings. The lowest BCUT2D eigenvalue weighted by molar-refractivity contribution is 0.0929. The summed E-state index contributed by atoms with van der Waals surface area (Å²) in [4.78, 5) is 12.5. The normalized spacial score (nSPS) is 21.9. The molecule has 21 heavy (non-hydrogen) atoms. The highest BCUT2D eigenvalue weighted by atomic mass is 35.5. The third-order valence-electron chi connectivity index (χ3n) is 3.89. The van der Waals surface area contributed by atoms with Gasteiger partial charge in [0, 0.05) is 28.5 Å². The van der Waals surface area contributed by atoms with Gasteiger partial charge in [-0.2, -0.15) is 11.8 Å². The molecule has 3 nitrogen and oxygen atoms in total. The first-order valence-electron chi connectivity index (χ1n) is 7.51. The molecule has 5 heteroatoms. The molecule has 1 fully saturated rings. The maximum atomic E-state index is 12.5. The number of halogens is 1. The number of thioether (sulfide) groups is 1. The van der Waals surface area contributed by atoms with Gasteiger partial charge in [0.25, 0.3) is 5.91 Å². The first-order chi connectivity index (χ1) is 10.1. The number of hydrogen-bond donors (Lipinski definition) is 2. The maximum Gasteiger partial charge on any atom is 0.253 e. The van der Waals surface area contributed by atoms with Crippen LogP contribution in [0.25, 0.3) is 0 Å². The Morgan fingerprint density at radius 2 is 2.24 bits per heavy atom. The molecule has 0 aromatic heterocycles. The SMILES string of the molecule is CCNc1ccc(Cl)cc1C(=O)NC1CCCC(SC)C1. The van der Waals surface area contributed by atoms with Gasteiger partial charge in [-0.25, -0.2) is 0 Å². The molecule has 0 spiro atoms. The van der Waals surface area contributed by atoms with Gasteiger partial charge in [0.1, 0.15) is 0 Å². The molecular formula is C16H23ClN2OS. The van der Waals surface area contributed by atoms with Crippen molar-refractivity contribution in [2.75, 3.05) is 18.1 Å². The van der Waals surface area contributed by atoms with E-state index in [0.717, 1.165) is 25.1 Å². The van der Waals surface area contributed by atoms with Crippen LogP contribution in [0.3, 0.4) is 0 Å². The highest BCUT2D eigenvalue weighted by Crippen LogP contribution is 2.27. The van der Waals surface area contributed by atoms with Crippen LogP contribution in [0.15, 0.2) is 18.2 Å². The molecule has 0 bridgehead atoms. The van der Waals surface area contributed by atoms with E-state index in [1.165, 1.54) is 12.8 Å². The number of anilines is 1. The summed E-state index contributed by atoms with van der Waals surface area (Å²) in [5.41, 5.74) is 1.48. The predicted octanol–water partition coefficient (Wildman–Crippen LogP) is 4.18. The fraction of sp³-hybridized carbons (Fsp3) is 0.562. The molecule has 0 radical (unpaired) electrons. The number of amides is 1. The summed E-state index contributed by atoms with van der Waals surface area (Å²) in [6, 6.07) is 5.69. The van der Waals surface area contributed by atoms with Crippen molar-refractivity contribution in [3.8, 4) is 0 Å². The van der Waals surface area contributed by atoms with Crippen molar-refractivity contribution in [1.82, 2.24) is 5.32 Å². The molecule has 1 aromatic carbocycles. The molecule has 1 aromatic rings. The third-order valence-corrected chi connectivity index (χ3v) is 5.22. The number of carbonyl (C=O) groups is 1. The third kappa shape index (κ3) is 4.55. The van der Waals surface area contributed by atoms with Crippen molar-refractivity contribution >= 4 is 35.0 Å². The largest absolute Gasteiger partial charge is 0.385 e. The van der Waals surface area contributed by atoms with Gasteiger partial charge >= 0.3 is 0 Å². The minimum Gasteiger partial charge on any atom is -0.385 e. The molecule has 0 saturated heterocycles. The second-order valence-corrected chi connectivity index (χ2v) is 6.99. The Hall–Kier alpha value is -0.870. The first-order valence-corrected chi connectivity index (χ1v) is 9.17. The van der Waals surface area contributed by atoms with Crippen LogP contribution in [0, 0.1) is 0 Å². The molecule has 2 atom stereocenters. The van der Waals surface area contributed by atoms with Gasteiger partial charge in [0.05, 0.1) is 5.56 Å². The molecule has 1 aliphatic carbocycles. The van der Waals surface area contributed by atoms with Gasteiger partial charge < -0.3 is 10.6 Å². The van der Waals surface area contributed by atoms with Crippen molar-refractivity contribution in [1.29, 1.82) is 0 Å². The Bertz CT molecular complexity index is 495. The van der Waals surface area contributed by atoms with Gasteiger partial charge in [-0.05, 0) is 50.6 Å². The van der Waals surface area contributed by atoms with Crippen LogP contribution in [-0.2, 0) is 0 Å². The van der Waals surface area contributed by atoms with Crippen LogP contribution in [0.5, 0.6) is 0 Å². The average molecular weight is 327 g/mol. The maximum absolute atomic E-state index is 12.5. The predicted molar refractivity (Wildman–Crippen MR) is 92.6 cm³/mol. The van der Waals surface area contributed by atoms with Crippen LogP contribution in [0.4, 0.5) is 5.69 Å². The molecule has 2 rings (SSSR count). The number of rotatable bonds is 5. The molecule has 1 saturated carbocycles. The topological polar surface area (TPSA) is 41.1 Å². The standard InChI is InChI=1S/C16H23ClN2OS/c1-3-18-15-8-7-11(17)9-14(15)16(20)19-12-5-4-6-13(10-12)21-2/h7-9,12-13,18H,3-6,10H2,1-2H3,(H,19,20). The summed E-state index contributed by atoms with van der Waals surface area (Å²) in [5, 5.41) is 7.65. The van der Waals surface area contributed by atoms with E-state index in [-0.39, 0.29) is 11.9 Å². The Labute approximate surface area is 136 Å². The molecule has 116 valence electrons. The summed E-state index contributed by atoms with van der Waals surface area (Å²) in [7, 11) is 0. The van der Waals surface area contributed by atoms with Crippen molar-refractivity contribution in [3.63, 3.8) is 0 Å². The van der Waals surface area contributed by atoms with E-state index in [0.29, 0.717) is 15.8 Å². The van der Waals surface area contributed by atoms with E-state index < -0.39 is 0 Å². The molecule has 2 unspecified atom stereocenters. The number of nitrogens with one attached hydrogen (secondary N) is 2. The van der Waals surface area contributed by atoms with Crippen molar-refractivity contribution < 1.29 is 4.79 Å². The quantitative estimate of drug-likeness (QED) is 0.853. The lowest BCUT2D eigenvalue weighted by atomic mass is 9.94. The summed E-state index contributed by atoms with van der Waals surface area (Å²) in [6.45, 7) is 2.79. The Morgan fingerprint density at radius 1 is 1.43 bits per heavy atom. The molecule has 1 amide bonds. The Kier molecular flexibility index (Phi) is 6.24. The van der Waals surface area contributed by atoms with Gasteiger partial charge in [-0.1, -0.05) is 18.0 Å². The summed E-state index contributed by atoms with van der Waals surface area (Å²) >= 11 is 7.94. The monoisotopic (exact) mass is 326 g/mol. The second kappa shape index (κ2) is 7.95. The summed E-state index contributed by atoms with van der Waals surface area (Å²) < 4.78 is 0. The zero-order chi connectivity index (χ0) is 15.2. The zero-order valence-electron chi connectivity index (χ0n) is 12.6. The van der Waals surface area contributed by atoms with Gasteiger partial charge in [-0.15, -0.1) is 0 Å². The fourth-order valence-corrected chi connectivity index (χ4v) is 3.80. The van der Waals surface area contributed by atoms with E-state index in [2.05, 4.69) is 16.9 Å². The average Bonchev–Trinajstić information content (AvgIpc) is 2.49. The lowest BCUT2D eigenvalue weighted by Crippen LogP contribution is -2.39. The Balaban J connectivity index is 2.07. The lowest BCUT2D eigenvalue weighted by Gasteiger charge is -2.29. The first kappa shape index (κ1) is 16.5. The molecule has 0 aliphatic heterocycles. The Morgan fingerprint density at radius 3 is 2.95 bits per heavy atom. The summed E-state index contributed by atoms with van der Waals surface area (Å²) in [6.07, 6.45) is 6.72. The van der Waals surface area contributed by atoms with Gasteiger partial charge in [0.2, 0.25) is 0 Å². The van der Waals surface area contributed by atoms with Crippen molar-refractivity contribution in [2.24, 2.45) is 0 Å². The van der Waals surface area contributed by atoms with Crippen molar-refractivity contribution in [3.05, 3.63) is 28.8 Å². The highest BCUT2D eigenvalue weighted by Gasteiger charge is 2.23. The van der Waals surface area contributed by atoms with Crippen LogP contribution >= 0.6 is 23.4 Å². The number of benzene rings is 1.